The van der Waals surface area contributed by atoms with E-state index in [0.717, 1.165) is 56.0 Å². The van der Waals surface area contributed by atoms with E-state index in [9.17, 15) is 0 Å². The summed E-state index contributed by atoms with van der Waals surface area (Å²) in [6.07, 6.45) is 5.52. The predicted molar refractivity (Wildman–Crippen MR) is 84.2 cm³/mol. The molecule has 0 bridgehead atoms. The number of aliphatic hydroxyl groups excluding tert-OH is 1. The summed E-state index contributed by atoms with van der Waals surface area (Å²) in [7, 11) is 0. The Bertz CT molecular complexity index is 384. The number of hydrogen-bond donors (Lipinski definition) is 3. The SMILES string of the molecule is CCCc1c(NCC)ncnc1NCC(CC)CCO. The van der Waals surface area contributed by atoms with Crippen molar-refractivity contribution in [2.75, 3.05) is 30.3 Å². The van der Waals surface area contributed by atoms with Gasteiger partial charge in [-0.25, -0.2) is 9.97 Å². The highest BCUT2D eigenvalue weighted by Gasteiger charge is 2.12. The van der Waals surface area contributed by atoms with E-state index in [1.165, 1.54) is 0 Å². The van der Waals surface area contributed by atoms with Crippen LogP contribution in [0.3, 0.4) is 0 Å². The van der Waals surface area contributed by atoms with E-state index in [-0.39, 0.29) is 6.61 Å². The maximum absolute atomic E-state index is 9.05. The molecule has 0 spiro atoms. The van der Waals surface area contributed by atoms with Gasteiger partial charge in [-0.1, -0.05) is 26.7 Å². The van der Waals surface area contributed by atoms with E-state index in [4.69, 9.17) is 5.11 Å². The Hall–Kier alpha value is -1.36. The Balaban J connectivity index is 2.79. The summed E-state index contributed by atoms with van der Waals surface area (Å²) in [4.78, 5) is 8.71. The van der Waals surface area contributed by atoms with E-state index in [1.807, 2.05) is 0 Å². The van der Waals surface area contributed by atoms with Gasteiger partial charge in [0.25, 0.3) is 0 Å². The number of rotatable bonds is 10. The van der Waals surface area contributed by atoms with E-state index < -0.39 is 0 Å². The molecule has 1 unspecified atom stereocenters. The van der Waals surface area contributed by atoms with E-state index in [0.29, 0.717) is 5.92 Å². The van der Waals surface area contributed by atoms with E-state index >= 15 is 0 Å². The van der Waals surface area contributed by atoms with Crippen molar-refractivity contribution in [3.63, 3.8) is 0 Å². The van der Waals surface area contributed by atoms with Crippen LogP contribution in [0.15, 0.2) is 6.33 Å². The Morgan fingerprint density at radius 1 is 1.15 bits per heavy atom. The quantitative estimate of drug-likeness (QED) is 0.615. The van der Waals surface area contributed by atoms with Gasteiger partial charge in [0.05, 0.1) is 0 Å². The second kappa shape index (κ2) is 9.53. The lowest BCUT2D eigenvalue weighted by Gasteiger charge is -2.18. The van der Waals surface area contributed by atoms with Gasteiger partial charge in [0.2, 0.25) is 0 Å². The molecule has 1 aromatic rings. The minimum absolute atomic E-state index is 0.244. The van der Waals surface area contributed by atoms with Crippen molar-refractivity contribution in [2.45, 2.75) is 46.5 Å². The third-order valence-electron chi connectivity index (χ3n) is 3.46. The molecule has 5 heteroatoms. The van der Waals surface area contributed by atoms with Gasteiger partial charge in [-0.3, -0.25) is 0 Å². The first-order chi connectivity index (χ1) is 9.76. The molecular weight excluding hydrogens is 252 g/mol. The fourth-order valence-electron chi connectivity index (χ4n) is 2.25. The van der Waals surface area contributed by atoms with E-state index in [2.05, 4.69) is 41.4 Å². The summed E-state index contributed by atoms with van der Waals surface area (Å²) in [5.41, 5.74) is 1.16. The molecule has 0 saturated carbocycles. The van der Waals surface area contributed by atoms with Gasteiger partial charge in [0.15, 0.2) is 0 Å². The van der Waals surface area contributed by atoms with E-state index in [1.54, 1.807) is 6.33 Å². The Morgan fingerprint density at radius 2 is 1.85 bits per heavy atom. The Labute approximate surface area is 122 Å². The highest BCUT2D eigenvalue weighted by Crippen LogP contribution is 2.22. The van der Waals surface area contributed by atoms with Crippen LogP contribution in [0.4, 0.5) is 11.6 Å². The molecule has 1 atom stereocenters. The van der Waals surface area contributed by atoms with Crippen LogP contribution in [0.5, 0.6) is 0 Å². The molecule has 0 aliphatic rings. The average molecular weight is 280 g/mol. The van der Waals surface area contributed by atoms with Crippen LogP contribution in [-0.2, 0) is 6.42 Å². The van der Waals surface area contributed by atoms with Gasteiger partial charge in [0.1, 0.15) is 18.0 Å². The topological polar surface area (TPSA) is 70.1 Å². The van der Waals surface area contributed by atoms with Gasteiger partial charge in [-0.2, -0.15) is 0 Å². The van der Waals surface area contributed by atoms with Crippen molar-refractivity contribution in [1.29, 1.82) is 0 Å². The average Bonchev–Trinajstić information content (AvgIpc) is 2.46. The lowest BCUT2D eigenvalue weighted by molar-refractivity contribution is 0.258. The first-order valence-electron chi connectivity index (χ1n) is 7.69. The highest BCUT2D eigenvalue weighted by molar-refractivity contribution is 5.57. The molecule has 1 aromatic heterocycles. The maximum atomic E-state index is 9.05. The van der Waals surface area contributed by atoms with Crippen molar-refractivity contribution >= 4 is 11.6 Å². The summed E-state index contributed by atoms with van der Waals surface area (Å²) >= 11 is 0. The summed E-state index contributed by atoms with van der Waals surface area (Å²) < 4.78 is 0. The van der Waals surface area contributed by atoms with Gasteiger partial charge in [0, 0.05) is 25.3 Å². The maximum Gasteiger partial charge on any atom is 0.134 e. The first-order valence-corrected chi connectivity index (χ1v) is 7.69. The summed E-state index contributed by atoms with van der Waals surface area (Å²) in [5.74, 6) is 2.34. The van der Waals surface area contributed by atoms with Crippen molar-refractivity contribution in [3.8, 4) is 0 Å². The van der Waals surface area contributed by atoms with Crippen molar-refractivity contribution in [1.82, 2.24) is 9.97 Å². The molecule has 1 rings (SSSR count). The summed E-state index contributed by atoms with van der Waals surface area (Å²) in [6, 6.07) is 0. The predicted octanol–water partition coefficient (Wildman–Crippen LogP) is 2.68. The molecule has 0 amide bonds. The fraction of sp³-hybridized carbons (Fsp3) is 0.733. The van der Waals surface area contributed by atoms with Crippen LogP contribution in [0.2, 0.25) is 0 Å². The minimum atomic E-state index is 0.244. The van der Waals surface area contributed by atoms with Crippen LogP contribution in [0.25, 0.3) is 0 Å². The lowest BCUT2D eigenvalue weighted by Crippen LogP contribution is -2.17. The molecule has 0 aliphatic heterocycles. The standard InChI is InChI=1S/C15H28N4O/c1-4-7-13-14(16-6-3)18-11-19-15(13)17-10-12(5-2)8-9-20/h11-12,20H,4-10H2,1-3H3,(H2,16,17,18,19). The molecule has 0 aromatic carbocycles. The lowest BCUT2D eigenvalue weighted by atomic mass is 10.0. The minimum Gasteiger partial charge on any atom is -0.396 e. The van der Waals surface area contributed by atoms with Gasteiger partial charge in [-0.15, -0.1) is 0 Å². The first kappa shape index (κ1) is 16.7. The number of aliphatic hydroxyl groups is 1. The summed E-state index contributed by atoms with van der Waals surface area (Å²) in [5, 5.41) is 15.8. The van der Waals surface area contributed by atoms with Crippen LogP contribution < -0.4 is 10.6 Å². The Kier molecular flexibility index (Phi) is 7.95. The van der Waals surface area contributed by atoms with Crippen molar-refractivity contribution < 1.29 is 5.11 Å². The van der Waals surface area contributed by atoms with Crippen LogP contribution in [0, 0.1) is 5.92 Å². The molecule has 0 radical (unpaired) electrons. The Morgan fingerprint density at radius 3 is 2.40 bits per heavy atom. The highest BCUT2D eigenvalue weighted by atomic mass is 16.3. The normalized spacial score (nSPS) is 12.2. The third kappa shape index (κ3) is 4.96. The molecular formula is C15H28N4O. The number of nitrogens with one attached hydrogen (secondary N) is 2. The zero-order chi connectivity index (χ0) is 14.8. The largest absolute Gasteiger partial charge is 0.396 e. The molecule has 0 aliphatic carbocycles. The zero-order valence-electron chi connectivity index (χ0n) is 12.9. The van der Waals surface area contributed by atoms with Gasteiger partial charge in [-0.05, 0) is 25.7 Å². The molecule has 20 heavy (non-hydrogen) atoms. The van der Waals surface area contributed by atoms with Crippen LogP contribution in [0.1, 0.15) is 45.6 Å². The van der Waals surface area contributed by atoms with Crippen LogP contribution >= 0.6 is 0 Å². The van der Waals surface area contributed by atoms with Crippen molar-refractivity contribution in [2.24, 2.45) is 5.92 Å². The molecule has 0 fully saturated rings. The fourth-order valence-corrected chi connectivity index (χ4v) is 2.25. The monoisotopic (exact) mass is 280 g/mol. The van der Waals surface area contributed by atoms with Crippen molar-refractivity contribution in [3.05, 3.63) is 11.9 Å². The van der Waals surface area contributed by atoms with Gasteiger partial charge < -0.3 is 15.7 Å². The number of hydrogen-bond acceptors (Lipinski definition) is 5. The number of anilines is 2. The second-order valence-electron chi connectivity index (χ2n) is 5.00. The zero-order valence-corrected chi connectivity index (χ0v) is 12.9. The number of nitrogens with zero attached hydrogens (tertiary/aromatic N) is 2. The molecule has 0 saturated heterocycles. The summed E-state index contributed by atoms with van der Waals surface area (Å²) in [6.45, 7) is 8.32. The smallest absolute Gasteiger partial charge is 0.134 e. The number of aromatic nitrogens is 2. The van der Waals surface area contributed by atoms with Gasteiger partial charge >= 0.3 is 0 Å². The van der Waals surface area contributed by atoms with Crippen LogP contribution in [-0.4, -0.2) is 34.8 Å². The molecule has 1 heterocycles. The molecule has 5 nitrogen and oxygen atoms in total. The third-order valence-corrected chi connectivity index (χ3v) is 3.46. The molecule has 3 N–H and O–H groups in total. The second-order valence-corrected chi connectivity index (χ2v) is 5.00. The molecule has 114 valence electrons.